The van der Waals surface area contributed by atoms with Gasteiger partial charge in [0.2, 0.25) is 0 Å². The minimum absolute atomic E-state index is 0.0729. The Morgan fingerprint density at radius 3 is 2.62 bits per heavy atom. The summed E-state index contributed by atoms with van der Waals surface area (Å²) in [5.41, 5.74) is -0.109. The molecule has 2 rings (SSSR count). The van der Waals surface area contributed by atoms with E-state index in [1.807, 2.05) is 0 Å². The highest BCUT2D eigenvalue weighted by Gasteiger charge is 2.32. The normalized spacial score (nSPS) is 15.8. The highest BCUT2D eigenvalue weighted by molar-refractivity contribution is 5.99. The molecule has 0 aliphatic heterocycles. The van der Waals surface area contributed by atoms with Crippen LogP contribution in [0.3, 0.4) is 0 Å². The van der Waals surface area contributed by atoms with Crippen LogP contribution in [0.5, 0.6) is 0 Å². The van der Waals surface area contributed by atoms with Crippen LogP contribution in [0.4, 0.5) is 8.78 Å². The summed E-state index contributed by atoms with van der Waals surface area (Å²) in [6.07, 6.45) is 1.60. The Bertz CT molecular complexity index is 356. The van der Waals surface area contributed by atoms with E-state index in [2.05, 4.69) is 0 Å². The standard InChI is InChI=1S/C10H8F2O/c11-8-3-1-2-7(9(8)12)10(13)6-4-5-6/h1-3,6H,4-5H2. The molecule has 3 heteroatoms. The minimum Gasteiger partial charge on any atom is -0.294 e. The zero-order valence-electron chi connectivity index (χ0n) is 6.89. The maximum atomic E-state index is 13.0. The second kappa shape index (κ2) is 2.91. The third-order valence-corrected chi connectivity index (χ3v) is 2.17. The van der Waals surface area contributed by atoms with Crippen molar-refractivity contribution in [3.05, 3.63) is 35.4 Å². The molecule has 0 aromatic heterocycles. The Labute approximate surface area is 74.4 Å². The van der Waals surface area contributed by atoms with E-state index in [1.54, 1.807) is 0 Å². The smallest absolute Gasteiger partial charge is 0.169 e. The predicted molar refractivity (Wildman–Crippen MR) is 43.4 cm³/mol. The molecule has 0 atom stereocenters. The minimum atomic E-state index is -1.01. The van der Waals surface area contributed by atoms with Gasteiger partial charge in [0, 0.05) is 5.92 Å². The summed E-state index contributed by atoms with van der Waals surface area (Å²) >= 11 is 0. The van der Waals surface area contributed by atoms with E-state index in [-0.39, 0.29) is 17.3 Å². The molecule has 0 amide bonds. The monoisotopic (exact) mass is 182 g/mol. The van der Waals surface area contributed by atoms with E-state index in [0.29, 0.717) is 0 Å². The van der Waals surface area contributed by atoms with E-state index in [1.165, 1.54) is 12.1 Å². The first kappa shape index (κ1) is 8.35. The van der Waals surface area contributed by atoms with Gasteiger partial charge in [0.1, 0.15) is 0 Å². The molecular formula is C10H8F2O. The Balaban J connectivity index is 2.38. The molecule has 0 N–H and O–H groups in total. The molecule has 1 aromatic carbocycles. The molecule has 0 radical (unpaired) electrons. The molecule has 13 heavy (non-hydrogen) atoms. The fourth-order valence-electron chi connectivity index (χ4n) is 1.26. The Morgan fingerprint density at radius 1 is 1.31 bits per heavy atom. The molecule has 0 heterocycles. The van der Waals surface area contributed by atoms with E-state index in [4.69, 9.17) is 0 Å². The van der Waals surface area contributed by atoms with Crippen molar-refractivity contribution < 1.29 is 13.6 Å². The van der Waals surface area contributed by atoms with Crippen molar-refractivity contribution in [1.29, 1.82) is 0 Å². The highest BCUT2D eigenvalue weighted by Crippen LogP contribution is 2.33. The largest absolute Gasteiger partial charge is 0.294 e. The molecule has 68 valence electrons. The molecular weight excluding hydrogens is 174 g/mol. The van der Waals surface area contributed by atoms with Gasteiger partial charge in [0.15, 0.2) is 17.4 Å². The van der Waals surface area contributed by atoms with Crippen LogP contribution in [-0.2, 0) is 0 Å². The van der Waals surface area contributed by atoms with Crippen molar-refractivity contribution >= 4 is 5.78 Å². The zero-order valence-corrected chi connectivity index (χ0v) is 6.89. The van der Waals surface area contributed by atoms with Crippen LogP contribution in [0.15, 0.2) is 18.2 Å². The van der Waals surface area contributed by atoms with E-state index < -0.39 is 11.6 Å². The van der Waals surface area contributed by atoms with Crippen molar-refractivity contribution in [2.75, 3.05) is 0 Å². The lowest BCUT2D eigenvalue weighted by atomic mass is 10.1. The Morgan fingerprint density at radius 2 is 2.00 bits per heavy atom. The summed E-state index contributed by atoms with van der Waals surface area (Å²) in [5, 5.41) is 0. The van der Waals surface area contributed by atoms with Gasteiger partial charge in [-0.25, -0.2) is 8.78 Å². The van der Waals surface area contributed by atoms with Gasteiger partial charge in [-0.05, 0) is 25.0 Å². The van der Waals surface area contributed by atoms with Crippen LogP contribution in [0.25, 0.3) is 0 Å². The van der Waals surface area contributed by atoms with Crippen LogP contribution in [0.2, 0.25) is 0 Å². The zero-order chi connectivity index (χ0) is 9.42. The van der Waals surface area contributed by atoms with Crippen LogP contribution in [0, 0.1) is 17.6 Å². The van der Waals surface area contributed by atoms with Gasteiger partial charge in [-0.1, -0.05) is 6.07 Å². The molecule has 0 bridgehead atoms. The fourth-order valence-corrected chi connectivity index (χ4v) is 1.26. The van der Waals surface area contributed by atoms with Gasteiger partial charge in [-0.15, -0.1) is 0 Å². The number of ketones is 1. The first-order valence-electron chi connectivity index (χ1n) is 4.18. The predicted octanol–water partition coefficient (Wildman–Crippen LogP) is 2.56. The van der Waals surface area contributed by atoms with E-state index in [0.717, 1.165) is 18.9 Å². The topological polar surface area (TPSA) is 17.1 Å². The number of halogens is 2. The maximum absolute atomic E-state index is 13.0. The van der Waals surface area contributed by atoms with Gasteiger partial charge < -0.3 is 0 Å². The van der Waals surface area contributed by atoms with Crippen molar-refractivity contribution in [2.24, 2.45) is 5.92 Å². The Kier molecular flexibility index (Phi) is 1.87. The molecule has 1 saturated carbocycles. The summed E-state index contributed by atoms with van der Waals surface area (Å²) in [6, 6.07) is 3.70. The lowest BCUT2D eigenvalue weighted by molar-refractivity contribution is 0.0962. The summed E-state index contributed by atoms with van der Waals surface area (Å²) in [4.78, 5) is 11.4. The van der Waals surface area contributed by atoms with Crippen LogP contribution >= 0.6 is 0 Å². The van der Waals surface area contributed by atoms with E-state index >= 15 is 0 Å². The molecule has 1 aliphatic rings. The summed E-state index contributed by atoms with van der Waals surface area (Å²) in [5.74, 6) is -2.31. The SMILES string of the molecule is O=C(c1cccc(F)c1F)C1CC1. The van der Waals surface area contributed by atoms with Crippen LogP contribution in [-0.4, -0.2) is 5.78 Å². The third-order valence-electron chi connectivity index (χ3n) is 2.17. The second-order valence-corrected chi connectivity index (χ2v) is 3.24. The molecule has 1 aliphatic carbocycles. The molecule has 1 fully saturated rings. The lowest BCUT2D eigenvalue weighted by Crippen LogP contribution is -2.05. The van der Waals surface area contributed by atoms with Gasteiger partial charge in [0.05, 0.1) is 5.56 Å². The Hall–Kier alpha value is -1.25. The molecule has 0 saturated heterocycles. The van der Waals surface area contributed by atoms with Gasteiger partial charge >= 0.3 is 0 Å². The van der Waals surface area contributed by atoms with Crippen molar-refractivity contribution in [1.82, 2.24) is 0 Å². The van der Waals surface area contributed by atoms with Crippen LogP contribution < -0.4 is 0 Å². The lowest BCUT2D eigenvalue weighted by Gasteiger charge is -2.00. The molecule has 0 unspecified atom stereocenters. The first-order valence-corrected chi connectivity index (χ1v) is 4.18. The summed E-state index contributed by atoms with van der Waals surface area (Å²) < 4.78 is 25.7. The van der Waals surface area contributed by atoms with Gasteiger partial charge in [0.25, 0.3) is 0 Å². The molecule has 0 spiro atoms. The maximum Gasteiger partial charge on any atom is 0.169 e. The number of carbonyl (C=O) groups is 1. The number of carbonyl (C=O) groups excluding carboxylic acids is 1. The van der Waals surface area contributed by atoms with Gasteiger partial charge in [-0.2, -0.15) is 0 Å². The number of hydrogen-bond acceptors (Lipinski definition) is 1. The third kappa shape index (κ3) is 1.46. The summed E-state index contributed by atoms with van der Waals surface area (Å²) in [6.45, 7) is 0. The quantitative estimate of drug-likeness (QED) is 0.642. The highest BCUT2D eigenvalue weighted by atomic mass is 19.2. The molecule has 1 aromatic rings. The van der Waals surface area contributed by atoms with Crippen molar-refractivity contribution in [3.8, 4) is 0 Å². The van der Waals surface area contributed by atoms with Crippen molar-refractivity contribution in [2.45, 2.75) is 12.8 Å². The van der Waals surface area contributed by atoms with Gasteiger partial charge in [-0.3, -0.25) is 4.79 Å². The number of benzene rings is 1. The van der Waals surface area contributed by atoms with Crippen molar-refractivity contribution in [3.63, 3.8) is 0 Å². The number of hydrogen-bond donors (Lipinski definition) is 0. The second-order valence-electron chi connectivity index (χ2n) is 3.24. The number of Topliss-reactive ketones (excluding diaryl/α,β-unsaturated/α-hetero) is 1. The average Bonchev–Trinajstić information content (AvgIpc) is 2.91. The first-order chi connectivity index (χ1) is 6.20. The number of rotatable bonds is 2. The summed E-state index contributed by atoms with van der Waals surface area (Å²) in [7, 11) is 0. The van der Waals surface area contributed by atoms with E-state index in [9.17, 15) is 13.6 Å². The van der Waals surface area contributed by atoms with Crippen LogP contribution in [0.1, 0.15) is 23.2 Å². The average molecular weight is 182 g/mol. The molecule has 1 nitrogen and oxygen atoms in total. The fraction of sp³-hybridized carbons (Fsp3) is 0.300.